The summed E-state index contributed by atoms with van der Waals surface area (Å²) in [5.41, 5.74) is -2.25. The van der Waals surface area contributed by atoms with Gasteiger partial charge in [0.05, 0.1) is 89.4 Å². The summed E-state index contributed by atoms with van der Waals surface area (Å²) in [6, 6.07) is 0. The third-order valence-electron chi connectivity index (χ3n) is 5.83. The standard InChI is InChI=1S/C6H11O7P2.C5H8O7P2.C5H12O4.H2O5P2/c1-9-14(7)10-2-6-3-11-15(8,12-4-6)13-5-6;6-13(7)9-1-5-2-10-14(8,11-3-5)12-4-5;6-1-5(2-7,3-8)4-9;1-6(2)7(3,4)5/h2-5H2,1H3;1-4H2;6-9H,1-4H2;(H2,3,4,5)/q+1;;;/p+1. The minimum atomic E-state index is -4.78. The van der Waals surface area contributed by atoms with Gasteiger partial charge in [-0.15, -0.1) is 18.5 Å². The maximum absolute atomic E-state index is 11.4. The molecule has 29 heteroatoms. The molecule has 4 bridgehead atoms. The van der Waals surface area contributed by atoms with E-state index in [9.17, 15) is 32.3 Å². The predicted molar refractivity (Wildman–Crippen MR) is 143 cm³/mol. The highest BCUT2D eigenvalue weighted by Crippen LogP contribution is 2.61. The van der Waals surface area contributed by atoms with Crippen LogP contribution < -0.4 is 4.89 Å². The summed E-state index contributed by atoms with van der Waals surface area (Å²) >= 11 is 0. The minimum Gasteiger partial charge on any atom is -0.588 e. The molecule has 3 atom stereocenters. The van der Waals surface area contributed by atoms with Gasteiger partial charge in [-0.3, -0.25) is 36.9 Å². The fraction of sp³-hybridized carbons (Fsp3) is 1.00. The first-order chi connectivity index (χ1) is 20.8. The van der Waals surface area contributed by atoms with E-state index in [2.05, 4.69) is 9.05 Å². The average Bonchev–Trinajstić information content (AvgIpc) is 3.02. The molecule has 6 aliphatic heterocycles. The summed E-state index contributed by atoms with van der Waals surface area (Å²) in [6.45, 7) is -0.380. The van der Waals surface area contributed by atoms with Crippen LogP contribution in [0.3, 0.4) is 0 Å². The third kappa shape index (κ3) is 14.4. The maximum atomic E-state index is 11.4. The number of aliphatic hydroxyl groups excluding tert-OH is 4. The number of aliphatic hydroxyl groups is 4. The van der Waals surface area contributed by atoms with Crippen molar-refractivity contribution in [3.8, 4) is 0 Å². The Labute approximate surface area is 258 Å². The molecule has 0 aliphatic carbocycles. The Morgan fingerprint density at radius 1 is 0.756 bits per heavy atom. The van der Waals surface area contributed by atoms with Crippen molar-refractivity contribution >= 4 is 47.2 Å². The highest BCUT2D eigenvalue weighted by atomic mass is 32.1. The number of phosphoric ester groups is 2. The fourth-order valence-electron chi connectivity index (χ4n) is 2.75. The summed E-state index contributed by atoms with van der Waals surface area (Å²) in [4.78, 5) is 33.0. The Morgan fingerprint density at radius 2 is 1.04 bits per heavy atom. The van der Waals surface area contributed by atoms with Crippen LogP contribution in [0.2, 0.25) is 0 Å². The van der Waals surface area contributed by atoms with Crippen molar-refractivity contribution in [3.63, 3.8) is 0 Å². The first-order valence-corrected chi connectivity index (χ1v) is 20.6. The van der Waals surface area contributed by atoms with Gasteiger partial charge in [-0.1, -0.05) is 4.57 Å². The molecule has 6 fully saturated rings. The lowest BCUT2D eigenvalue weighted by molar-refractivity contribution is -0.160. The fourth-order valence-corrected chi connectivity index (χ4v) is 6.66. The molecular weight excluding hydrogens is 746 g/mol. The number of hydrogen-bond acceptors (Lipinski definition) is 20. The predicted octanol–water partition coefficient (Wildman–Crippen LogP) is -0.574. The van der Waals surface area contributed by atoms with Gasteiger partial charge in [-0.2, -0.15) is 0 Å². The molecule has 6 rings (SSSR count). The second-order valence-electron chi connectivity index (χ2n) is 9.61. The monoisotopic (exact) mass is 780 g/mol. The normalized spacial score (nSPS) is 31.3. The van der Waals surface area contributed by atoms with Crippen LogP contribution in [-0.2, 0) is 68.1 Å². The van der Waals surface area contributed by atoms with Gasteiger partial charge in [-0.25, -0.2) is 13.7 Å². The van der Waals surface area contributed by atoms with Crippen molar-refractivity contribution in [3.05, 3.63) is 0 Å². The van der Waals surface area contributed by atoms with Crippen LogP contribution in [0.25, 0.3) is 0 Å². The molecule has 7 N–H and O–H groups in total. The topological polar surface area (TPSA) is 350 Å². The molecule has 0 aromatic heterocycles. The van der Waals surface area contributed by atoms with Crippen LogP contribution >= 0.6 is 47.2 Å². The molecule has 264 valence electrons. The third-order valence-corrected chi connectivity index (χ3v) is 11.2. The van der Waals surface area contributed by atoms with Crippen molar-refractivity contribution in [2.24, 2.45) is 16.2 Å². The molecule has 0 spiro atoms. The van der Waals surface area contributed by atoms with Gasteiger partial charge in [0.1, 0.15) is 13.2 Å². The molecule has 0 aromatic carbocycles. The van der Waals surface area contributed by atoms with E-state index in [1.54, 1.807) is 0 Å². The molecule has 0 radical (unpaired) electrons. The summed E-state index contributed by atoms with van der Waals surface area (Å²) in [6.07, 6.45) is 0. The van der Waals surface area contributed by atoms with Gasteiger partial charge in [0, 0.05) is 9.13 Å². The smallest absolute Gasteiger partial charge is 0.588 e. The molecule has 3 unspecified atom stereocenters. The minimum absolute atomic E-state index is 0.0152. The highest BCUT2D eigenvalue weighted by Gasteiger charge is 2.53. The van der Waals surface area contributed by atoms with Gasteiger partial charge in [-0.05, 0) is 0 Å². The average molecular weight is 780 g/mol. The maximum Gasteiger partial charge on any atom is 0.697 e. The zero-order valence-corrected chi connectivity index (χ0v) is 28.7. The quantitative estimate of drug-likeness (QED) is 0.122. The van der Waals surface area contributed by atoms with E-state index in [1.807, 2.05) is 0 Å². The van der Waals surface area contributed by atoms with Gasteiger partial charge in [0.15, 0.2) is 0 Å². The van der Waals surface area contributed by atoms with Crippen LogP contribution in [0.5, 0.6) is 0 Å². The molecule has 6 aliphatic rings. The molecule has 23 nitrogen and oxygen atoms in total. The molecule has 0 amide bonds. The van der Waals surface area contributed by atoms with Crippen molar-refractivity contribution in [2.45, 2.75) is 0 Å². The van der Waals surface area contributed by atoms with E-state index in [0.717, 1.165) is 0 Å². The molecule has 6 heterocycles. The Kier molecular flexibility index (Phi) is 18.2. The highest BCUT2D eigenvalue weighted by molar-refractivity contribution is 8.19. The van der Waals surface area contributed by atoms with Crippen molar-refractivity contribution in [1.82, 2.24) is 0 Å². The van der Waals surface area contributed by atoms with Gasteiger partial charge in [0.25, 0.3) is 0 Å². The van der Waals surface area contributed by atoms with E-state index >= 15 is 0 Å². The molecule has 0 saturated carbocycles. The van der Waals surface area contributed by atoms with E-state index in [-0.39, 0.29) is 52.9 Å². The second kappa shape index (κ2) is 18.9. The second-order valence-corrected chi connectivity index (χ2v) is 18.8. The van der Waals surface area contributed by atoms with Crippen molar-refractivity contribution < 1.29 is 108 Å². The first-order valence-electron chi connectivity index (χ1n) is 11.9. The zero-order chi connectivity index (χ0) is 34.6. The lowest BCUT2D eigenvalue weighted by Crippen LogP contribution is -2.47. The van der Waals surface area contributed by atoms with E-state index in [1.165, 1.54) is 7.11 Å². The number of hydrogen-bond donors (Lipinski definition) is 7. The molecule has 6 saturated heterocycles. The molecule has 45 heavy (non-hydrogen) atoms. The lowest BCUT2D eigenvalue weighted by atomic mass is 9.93. The Morgan fingerprint density at radius 3 is 1.24 bits per heavy atom. The van der Waals surface area contributed by atoms with Crippen molar-refractivity contribution in [2.75, 3.05) is 86.4 Å². The van der Waals surface area contributed by atoms with Gasteiger partial charge < -0.3 is 25.3 Å². The Balaban J connectivity index is 0.000000314. The number of fused-ring (bicyclic) bond motifs is 6. The van der Waals surface area contributed by atoms with E-state index in [0.29, 0.717) is 0 Å². The zero-order valence-electron chi connectivity index (χ0n) is 23.3. The first kappa shape index (κ1) is 43.3. The number of rotatable bonds is 12. The largest absolute Gasteiger partial charge is 0.697 e. The lowest BCUT2D eigenvalue weighted by Gasteiger charge is -2.42. The molecule has 0 aromatic rings. The summed E-state index contributed by atoms with van der Waals surface area (Å²) < 4.78 is 106. The van der Waals surface area contributed by atoms with Crippen LogP contribution in [0.15, 0.2) is 0 Å². The van der Waals surface area contributed by atoms with E-state index in [4.69, 9.17) is 66.8 Å². The summed E-state index contributed by atoms with van der Waals surface area (Å²) in [5, 5.41) is 34.0. The summed E-state index contributed by atoms with van der Waals surface area (Å²) in [5.74, 6) is 0. The van der Waals surface area contributed by atoms with Crippen molar-refractivity contribution in [1.29, 1.82) is 0 Å². The van der Waals surface area contributed by atoms with Crippen LogP contribution in [0.1, 0.15) is 0 Å². The van der Waals surface area contributed by atoms with Crippen LogP contribution in [0.4, 0.5) is 0 Å². The van der Waals surface area contributed by atoms with Gasteiger partial charge in [0.2, 0.25) is 0 Å². The van der Waals surface area contributed by atoms with Crippen LogP contribution in [-0.4, -0.2) is 121 Å². The Bertz CT molecular complexity index is 1060. The molecular formula is C16H34O23P6+2. The van der Waals surface area contributed by atoms with E-state index < -0.39 is 89.8 Å². The van der Waals surface area contributed by atoms with Gasteiger partial charge >= 0.3 is 47.2 Å². The Hall–Kier alpha value is 0.310. The number of phosphoric acid groups is 2. The SMILES string of the molecule is CO[P+](=O)OCC12COP(=O)(OC1)OC2.O=[P+](O)OCC12COP(=O)(OC1)OC2.O=[P+]([O-])P(=O)(O)O.OCC(CO)(CO)CO. The summed E-state index contributed by atoms with van der Waals surface area (Å²) in [7, 11) is -18.4. The van der Waals surface area contributed by atoms with Crippen LogP contribution in [0, 0.1) is 16.2 Å².